The number of carbonyl (C=O) groups excluding carboxylic acids is 1. The molecular weight excluding hydrogens is 272 g/mol. The number of hydrogen-bond acceptors (Lipinski definition) is 5. The fourth-order valence-electron chi connectivity index (χ4n) is 2.67. The van der Waals surface area contributed by atoms with Crippen LogP contribution in [0.5, 0.6) is 0 Å². The van der Waals surface area contributed by atoms with Crippen LogP contribution in [0.15, 0.2) is 18.2 Å². The minimum absolute atomic E-state index is 0.00660. The van der Waals surface area contributed by atoms with Crippen LogP contribution in [0.1, 0.15) is 34.8 Å². The van der Waals surface area contributed by atoms with E-state index in [1.165, 1.54) is 11.5 Å². The van der Waals surface area contributed by atoms with Gasteiger partial charge in [-0.2, -0.15) is 0 Å². The maximum absolute atomic E-state index is 12.8. The summed E-state index contributed by atoms with van der Waals surface area (Å²) in [5.74, 6) is -0.00660. The third-order valence-corrected chi connectivity index (χ3v) is 4.38. The maximum Gasteiger partial charge on any atom is 0.272 e. The number of benzene rings is 1. The number of amides is 1. The minimum atomic E-state index is -0.00660. The van der Waals surface area contributed by atoms with E-state index >= 15 is 0 Å². The van der Waals surface area contributed by atoms with Crippen molar-refractivity contribution in [2.45, 2.75) is 32.7 Å². The number of hydrogen-bond donors (Lipinski definition) is 1. The summed E-state index contributed by atoms with van der Waals surface area (Å²) in [6.07, 6.45) is 1.55. The van der Waals surface area contributed by atoms with Crippen molar-refractivity contribution in [3.05, 3.63) is 34.3 Å². The summed E-state index contributed by atoms with van der Waals surface area (Å²) in [7, 11) is 0. The van der Waals surface area contributed by atoms with Crippen LogP contribution < -0.4 is 10.6 Å². The molecule has 1 aliphatic heterocycles. The molecule has 1 amide bonds. The SMILES string of the molecule is CCc1nnsc1C(=O)N1c2ccc(N)cc2CC1C. The van der Waals surface area contributed by atoms with Crippen molar-refractivity contribution < 1.29 is 4.79 Å². The second-order valence-corrected chi connectivity index (χ2v) is 5.77. The van der Waals surface area contributed by atoms with Gasteiger partial charge in [0.05, 0.1) is 5.69 Å². The van der Waals surface area contributed by atoms with Gasteiger partial charge in [0.1, 0.15) is 4.88 Å². The molecule has 1 aromatic carbocycles. The summed E-state index contributed by atoms with van der Waals surface area (Å²) in [5, 5.41) is 4.02. The molecule has 0 radical (unpaired) electrons. The van der Waals surface area contributed by atoms with E-state index in [9.17, 15) is 4.79 Å². The van der Waals surface area contributed by atoms with Crippen LogP contribution in [0.25, 0.3) is 0 Å². The molecule has 5 nitrogen and oxygen atoms in total. The molecule has 0 fully saturated rings. The lowest BCUT2D eigenvalue weighted by atomic mass is 10.1. The average molecular weight is 288 g/mol. The van der Waals surface area contributed by atoms with Gasteiger partial charge in [-0.15, -0.1) is 5.10 Å². The predicted octanol–water partition coefficient (Wildman–Crippen LogP) is 2.27. The van der Waals surface area contributed by atoms with Crippen molar-refractivity contribution in [1.29, 1.82) is 0 Å². The summed E-state index contributed by atoms with van der Waals surface area (Å²) in [6, 6.07) is 5.84. The number of rotatable bonds is 2. The summed E-state index contributed by atoms with van der Waals surface area (Å²) >= 11 is 1.17. The topological polar surface area (TPSA) is 72.1 Å². The Bertz CT molecular complexity index is 667. The largest absolute Gasteiger partial charge is 0.399 e. The Morgan fingerprint density at radius 1 is 1.55 bits per heavy atom. The molecule has 0 aliphatic carbocycles. The smallest absolute Gasteiger partial charge is 0.272 e. The van der Waals surface area contributed by atoms with Gasteiger partial charge in [0.25, 0.3) is 5.91 Å². The van der Waals surface area contributed by atoms with E-state index in [-0.39, 0.29) is 11.9 Å². The lowest BCUT2D eigenvalue weighted by molar-refractivity contribution is 0.0984. The number of anilines is 2. The number of nitrogen functional groups attached to an aromatic ring is 1. The molecule has 0 saturated carbocycles. The molecular formula is C14H16N4OS. The molecule has 3 rings (SSSR count). The van der Waals surface area contributed by atoms with E-state index in [0.29, 0.717) is 11.3 Å². The molecule has 1 atom stereocenters. The molecule has 20 heavy (non-hydrogen) atoms. The highest BCUT2D eigenvalue weighted by Gasteiger charge is 2.33. The van der Waals surface area contributed by atoms with Gasteiger partial charge in [-0.05, 0) is 55.1 Å². The molecule has 0 saturated heterocycles. The zero-order valence-electron chi connectivity index (χ0n) is 11.5. The molecule has 104 valence electrons. The summed E-state index contributed by atoms with van der Waals surface area (Å²) in [5.41, 5.74) is 9.40. The van der Waals surface area contributed by atoms with Crippen molar-refractivity contribution in [3.8, 4) is 0 Å². The van der Waals surface area contributed by atoms with Crippen molar-refractivity contribution in [1.82, 2.24) is 9.59 Å². The number of fused-ring (bicyclic) bond motifs is 1. The second-order valence-electron chi connectivity index (χ2n) is 5.02. The van der Waals surface area contributed by atoms with E-state index in [4.69, 9.17) is 5.73 Å². The van der Waals surface area contributed by atoms with Gasteiger partial charge in [0, 0.05) is 17.4 Å². The zero-order valence-corrected chi connectivity index (χ0v) is 12.3. The van der Waals surface area contributed by atoms with Gasteiger partial charge < -0.3 is 10.6 Å². The Hall–Kier alpha value is -1.95. The van der Waals surface area contributed by atoms with Crippen LogP contribution in [-0.4, -0.2) is 21.5 Å². The van der Waals surface area contributed by atoms with Gasteiger partial charge in [-0.3, -0.25) is 4.79 Å². The first-order chi connectivity index (χ1) is 9.61. The van der Waals surface area contributed by atoms with Crippen molar-refractivity contribution in [2.75, 3.05) is 10.6 Å². The molecule has 1 unspecified atom stereocenters. The van der Waals surface area contributed by atoms with Crippen LogP contribution in [-0.2, 0) is 12.8 Å². The maximum atomic E-state index is 12.8. The van der Waals surface area contributed by atoms with Crippen molar-refractivity contribution in [2.24, 2.45) is 0 Å². The summed E-state index contributed by atoms with van der Waals surface area (Å²) < 4.78 is 3.90. The first-order valence-corrected chi connectivity index (χ1v) is 7.42. The highest BCUT2D eigenvalue weighted by atomic mass is 32.1. The van der Waals surface area contributed by atoms with Crippen LogP contribution in [0, 0.1) is 0 Å². The average Bonchev–Trinajstić information content (AvgIpc) is 3.00. The third-order valence-electron chi connectivity index (χ3n) is 3.62. The van der Waals surface area contributed by atoms with E-state index in [0.717, 1.165) is 29.1 Å². The Morgan fingerprint density at radius 3 is 3.10 bits per heavy atom. The Kier molecular flexibility index (Phi) is 3.17. The molecule has 0 spiro atoms. The van der Waals surface area contributed by atoms with E-state index in [2.05, 4.69) is 9.59 Å². The fraction of sp³-hybridized carbons (Fsp3) is 0.357. The van der Waals surface area contributed by atoms with Crippen molar-refractivity contribution >= 4 is 28.8 Å². The minimum Gasteiger partial charge on any atom is -0.399 e. The molecule has 1 aromatic heterocycles. The lowest BCUT2D eigenvalue weighted by Crippen LogP contribution is -2.35. The standard InChI is InChI=1S/C14H16N4OS/c1-3-11-13(20-17-16-11)14(19)18-8(2)6-9-7-10(15)4-5-12(9)18/h4-5,7-8H,3,6,15H2,1-2H3. The Balaban J connectivity index is 2.01. The highest BCUT2D eigenvalue weighted by molar-refractivity contribution is 7.08. The number of carbonyl (C=O) groups is 1. The number of nitrogens with two attached hydrogens (primary N) is 1. The van der Waals surface area contributed by atoms with Crippen LogP contribution >= 0.6 is 11.5 Å². The second kappa shape index (κ2) is 4.86. The predicted molar refractivity (Wildman–Crippen MR) is 80.1 cm³/mol. The molecule has 1 aliphatic rings. The number of nitrogens with zero attached hydrogens (tertiary/aromatic N) is 3. The summed E-state index contributed by atoms with van der Waals surface area (Å²) in [6.45, 7) is 4.03. The highest BCUT2D eigenvalue weighted by Crippen LogP contribution is 2.35. The Labute approximate surface area is 121 Å². The third kappa shape index (κ3) is 1.96. The van der Waals surface area contributed by atoms with Gasteiger partial charge in [0.2, 0.25) is 0 Å². The Morgan fingerprint density at radius 2 is 2.35 bits per heavy atom. The van der Waals surface area contributed by atoms with E-state index in [1.807, 2.05) is 36.9 Å². The quantitative estimate of drug-likeness (QED) is 0.860. The lowest BCUT2D eigenvalue weighted by Gasteiger charge is -2.22. The normalized spacial score (nSPS) is 17.3. The van der Waals surface area contributed by atoms with E-state index < -0.39 is 0 Å². The van der Waals surface area contributed by atoms with Gasteiger partial charge in [-0.25, -0.2) is 0 Å². The molecule has 0 bridgehead atoms. The molecule has 6 heteroatoms. The number of aromatic nitrogens is 2. The fourth-order valence-corrected chi connectivity index (χ4v) is 3.36. The monoisotopic (exact) mass is 288 g/mol. The van der Waals surface area contributed by atoms with Crippen molar-refractivity contribution in [3.63, 3.8) is 0 Å². The molecule has 2 N–H and O–H groups in total. The van der Waals surface area contributed by atoms with Crippen LogP contribution in [0.3, 0.4) is 0 Å². The first kappa shape index (κ1) is 13.1. The number of aryl methyl sites for hydroxylation is 1. The molecule has 2 aromatic rings. The van der Waals surface area contributed by atoms with Crippen LogP contribution in [0.4, 0.5) is 11.4 Å². The van der Waals surface area contributed by atoms with Gasteiger partial charge in [-0.1, -0.05) is 11.4 Å². The van der Waals surface area contributed by atoms with E-state index in [1.54, 1.807) is 0 Å². The van der Waals surface area contributed by atoms with Gasteiger partial charge >= 0.3 is 0 Å². The van der Waals surface area contributed by atoms with Gasteiger partial charge in [0.15, 0.2) is 0 Å². The molecule has 2 heterocycles. The first-order valence-electron chi connectivity index (χ1n) is 6.65. The van der Waals surface area contributed by atoms with Crippen LogP contribution in [0.2, 0.25) is 0 Å². The zero-order chi connectivity index (χ0) is 14.3. The summed E-state index contributed by atoms with van der Waals surface area (Å²) in [4.78, 5) is 15.3.